The Kier molecular flexibility index (Phi) is 8.63. The van der Waals surface area contributed by atoms with Gasteiger partial charge in [0.25, 0.3) is 5.89 Å². The van der Waals surface area contributed by atoms with Crippen LogP contribution in [0.15, 0.2) is 53.3 Å². The zero-order valence-electron chi connectivity index (χ0n) is 20.4. The number of hydrogen-bond acceptors (Lipinski definition) is 9. The van der Waals surface area contributed by atoms with Gasteiger partial charge >= 0.3 is 0 Å². The Bertz CT molecular complexity index is 1620. The van der Waals surface area contributed by atoms with E-state index < -0.39 is 5.82 Å². The third-order valence-corrected chi connectivity index (χ3v) is 6.61. The van der Waals surface area contributed by atoms with Crippen LogP contribution in [0.5, 0.6) is 11.5 Å². The summed E-state index contributed by atoms with van der Waals surface area (Å²) < 4.78 is 26.8. The molecule has 8 nitrogen and oxygen atoms in total. The van der Waals surface area contributed by atoms with Crippen molar-refractivity contribution in [3.8, 4) is 39.0 Å². The molecule has 0 atom stereocenters. The lowest BCUT2D eigenvalue weighted by molar-refractivity contribution is 0.437. The lowest BCUT2D eigenvalue weighted by Crippen LogP contribution is -1.98. The fraction of sp³-hybridized carbons (Fsp3) is 0.154. The number of nitrogens with zero attached hydrogens (tertiary/aromatic N) is 6. The molecule has 0 aliphatic heterocycles. The number of nitriles is 1. The second-order valence-corrected chi connectivity index (χ2v) is 9.28. The first-order chi connectivity index (χ1) is 18.4. The van der Waals surface area contributed by atoms with Crippen LogP contribution in [0.25, 0.3) is 21.5 Å². The van der Waals surface area contributed by atoms with E-state index in [9.17, 15) is 0 Å². The van der Waals surface area contributed by atoms with E-state index in [1.807, 2.05) is 26.8 Å². The highest BCUT2D eigenvalue weighted by atomic mass is 35.5. The highest BCUT2D eigenvalue weighted by molar-refractivity contribution is 7.18. The number of benzene rings is 2. The van der Waals surface area contributed by atoms with E-state index in [0.29, 0.717) is 21.3 Å². The van der Waals surface area contributed by atoms with E-state index >= 15 is 4.39 Å². The van der Waals surface area contributed by atoms with Crippen LogP contribution in [0, 0.1) is 24.1 Å². The minimum Gasteiger partial charge on any atom is -0.453 e. The molecule has 5 rings (SSSR count). The van der Waals surface area contributed by atoms with Gasteiger partial charge in [0.2, 0.25) is 5.89 Å². The molecule has 0 radical (unpaired) electrons. The van der Waals surface area contributed by atoms with Gasteiger partial charge < -0.3 is 9.15 Å². The summed E-state index contributed by atoms with van der Waals surface area (Å²) in [5, 5.41) is 18.3. The maximum atomic E-state index is 15.4. The van der Waals surface area contributed by atoms with Crippen molar-refractivity contribution in [1.29, 1.82) is 5.26 Å². The maximum Gasteiger partial charge on any atom is 0.259 e. The highest BCUT2D eigenvalue weighted by Crippen LogP contribution is 2.37. The number of halogens is 3. The van der Waals surface area contributed by atoms with Gasteiger partial charge in [-0.15, -0.1) is 21.5 Å². The molecule has 5 aromatic rings. The summed E-state index contributed by atoms with van der Waals surface area (Å²) >= 11 is 13.6. The molecule has 3 aromatic heterocycles. The van der Waals surface area contributed by atoms with E-state index in [-0.39, 0.29) is 50.9 Å². The number of ether oxygens (including phenoxy) is 1. The van der Waals surface area contributed by atoms with Gasteiger partial charge in [-0.25, -0.2) is 9.37 Å². The number of hydrogen-bond donors (Lipinski definition) is 0. The van der Waals surface area contributed by atoms with Gasteiger partial charge in [0, 0.05) is 23.0 Å². The lowest BCUT2D eigenvalue weighted by atomic mass is 10.1. The molecular formula is C26H19Cl2FN6O2S. The number of aryl methyl sites for hydroxylation is 1. The zero-order valence-corrected chi connectivity index (χ0v) is 22.7. The molecule has 0 saturated carbocycles. The van der Waals surface area contributed by atoms with Gasteiger partial charge in [0.15, 0.2) is 11.6 Å². The fourth-order valence-corrected chi connectivity index (χ4v) is 4.66. The first kappa shape index (κ1) is 27.1. The molecule has 2 aromatic carbocycles. The number of rotatable bonds is 6. The van der Waals surface area contributed by atoms with Crippen molar-refractivity contribution < 1.29 is 13.5 Å². The second-order valence-electron chi connectivity index (χ2n) is 7.44. The van der Waals surface area contributed by atoms with Crippen LogP contribution < -0.4 is 4.74 Å². The predicted octanol–water partition coefficient (Wildman–Crippen LogP) is 7.69. The molecule has 0 amide bonds. The Morgan fingerprint density at radius 1 is 1.13 bits per heavy atom. The quantitative estimate of drug-likeness (QED) is 0.205. The van der Waals surface area contributed by atoms with Gasteiger partial charge in [0.05, 0.1) is 35.0 Å². The van der Waals surface area contributed by atoms with Crippen LogP contribution in [0.1, 0.15) is 36.6 Å². The van der Waals surface area contributed by atoms with Crippen LogP contribution in [0.3, 0.4) is 0 Å². The molecule has 192 valence electrons. The van der Waals surface area contributed by atoms with Crippen LogP contribution in [0.4, 0.5) is 4.39 Å². The topological polar surface area (TPSA) is 111 Å². The summed E-state index contributed by atoms with van der Waals surface area (Å²) in [4.78, 5) is 13.5. The molecule has 0 unspecified atom stereocenters. The first-order valence-corrected chi connectivity index (χ1v) is 12.9. The summed E-state index contributed by atoms with van der Waals surface area (Å²) in [6, 6.07) is 9.35. The van der Waals surface area contributed by atoms with Crippen LogP contribution in [-0.2, 0) is 6.42 Å². The predicted molar refractivity (Wildman–Crippen MR) is 143 cm³/mol. The van der Waals surface area contributed by atoms with E-state index in [4.69, 9.17) is 37.6 Å². The Hall–Kier alpha value is -3.91. The molecule has 0 fully saturated rings. The zero-order chi connectivity index (χ0) is 27.2. The third-order valence-electron chi connectivity index (χ3n) is 4.93. The van der Waals surface area contributed by atoms with Crippen molar-refractivity contribution in [2.75, 3.05) is 0 Å². The monoisotopic (exact) mass is 568 g/mol. The Balaban J connectivity index is 0.00000164. The standard InChI is InChI=1S/C24H13Cl2FN6O2S.C2H6/c1-12-22(36-24(31-12)18-11-29-4-5-30-18)23-33-32-19(35-23)8-14-2-3-17(26)21(20(14)27)34-16-7-13(10-28)6-15(25)9-16;1-2/h2-7,9,11H,8H2,1H3;1-2H3. The van der Waals surface area contributed by atoms with E-state index in [1.165, 1.54) is 41.7 Å². The molecule has 0 bridgehead atoms. The Morgan fingerprint density at radius 3 is 2.68 bits per heavy atom. The molecule has 0 aliphatic rings. The van der Waals surface area contributed by atoms with Crippen LogP contribution >= 0.6 is 34.5 Å². The second kappa shape index (κ2) is 12.1. The summed E-state index contributed by atoms with van der Waals surface area (Å²) in [6.45, 7) is 5.83. The molecule has 12 heteroatoms. The van der Waals surface area contributed by atoms with Gasteiger partial charge in [-0.05, 0) is 31.2 Å². The summed E-state index contributed by atoms with van der Waals surface area (Å²) in [6.07, 6.45) is 4.79. The molecular weight excluding hydrogens is 550 g/mol. The summed E-state index contributed by atoms with van der Waals surface area (Å²) in [5.74, 6) is -0.257. The molecule has 0 spiro atoms. The van der Waals surface area contributed by atoms with Crippen molar-refractivity contribution in [2.24, 2.45) is 0 Å². The normalized spacial score (nSPS) is 10.4. The Labute approximate surface area is 231 Å². The average Bonchev–Trinajstić information content (AvgIpc) is 3.55. The van der Waals surface area contributed by atoms with Gasteiger partial charge in [-0.1, -0.05) is 43.1 Å². The van der Waals surface area contributed by atoms with Crippen LogP contribution in [0.2, 0.25) is 10.0 Å². The van der Waals surface area contributed by atoms with E-state index in [0.717, 1.165) is 0 Å². The Morgan fingerprint density at radius 2 is 1.95 bits per heavy atom. The van der Waals surface area contributed by atoms with Crippen molar-refractivity contribution in [3.63, 3.8) is 0 Å². The highest BCUT2D eigenvalue weighted by Gasteiger charge is 2.21. The largest absolute Gasteiger partial charge is 0.453 e. The van der Waals surface area contributed by atoms with Crippen molar-refractivity contribution in [2.45, 2.75) is 27.2 Å². The van der Waals surface area contributed by atoms with E-state index in [1.54, 1.807) is 18.6 Å². The molecule has 38 heavy (non-hydrogen) atoms. The van der Waals surface area contributed by atoms with Crippen molar-refractivity contribution in [3.05, 3.63) is 87.5 Å². The smallest absolute Gasteiger partial charge is 0.259 e. The SMILES string of the molecule is CC.Cc1nc(-c2cnccn2)sc1-c1nnc(Cc2ccc(Cl)c(Oc3cc(Cl)cc(C#N)c3)c2F)o1. The number of thiazole rings is 1. The summed E-state index contributed by atoms with van der Waals surface area (Å²) in [7, 11) is 0. The third kappa shape index (κ3) is 5.97. The summed E-state index contributed by atoms with van der Waals surface area (Å²) in [5.41, 5.74) is 1.83. The van der Waals surface area contributed by atoms with Gasteiger partial charge in [-0.2, -0.15) is 5.26 Å². The molecule has 0 aliphatic carbocycles. The molecule has 3 heterocycles. The molecule has 0 N–H and O–H groups in total. The van der Waals surface area contributed by atoms with E-state index in [2.05, 4.69) is 25.1 Å². The van der Waals surface area contributed by atoms with Crippen molar-refractivity contribution in [1.82, 2.24) is 25.1 Å². The fourth-order valence-electron chi connectivity index (χ4n) is 3.30. The molecule has 0 saturated heterocycles. The van der Waals surface area contributed by atoms with Crippen LogP contribution in [-0.4, -0.2) is 25.1 Å². The first-order valence-electron chi connectivity index (χ1n) is 11.3. The minimum atomic E-state index is -0.695. The number of aromatic nitrogens is 5. The van der Waals surface area contributed by atoms with Gasteiger partial charge in [0.1, 0.15) is 21.3 Å². The van der Waals surface area contributed by atoms with Crippen molar-refractivity contribution >= 4 is 34.5 Å². The minimum absolute atomic E-state index is 0.000221. The van der Waals surface area contributed by atoms with Gasteiger partial charge in [-0.3, -0.25) is 9.97 Å². The lowest BCUT2D eigenvalue weighted by Gasteiger charge is -2.11. The average molecular weight is 569 g/mol. The maximum absolute atomic E-state index is 15.4.